The molecule has 0 heterocycles. The highest BCUT2D eigenvalue weighted by Crippen LogP contribution is 2.27. The van der Waals surface area contributed by atoms with E-state index in [0.717, 1.165) is 17.7 Å². The van der Waals surface area contributed by atoms with Gasteiger partial charge in [0.25, 0.3) is 0 Å². The number of halogens is 1. The first-order valence-corrected chi connectivity index (χ1v) is 6.83. The first-order valence-electron chi connectivity index (χ1n) is 6.45. The number of carbonyl (C=O) groups excluding carboxylic acids is 2. The molecular weight excluding hydrogens is 294 g/mol. The van der Waals surface area contributed by atoms with Gasteiger partial charge in [0, 0.05) is 19.2 Å². The molecule has 0 atom stereocenters. The van der Waals surface area contributed by atoms with Crippen LogP contribution >= 0.6 is 11.6 Å². The first kappa shape index (κ1) is 15.3. The minimum atomic E-state index is -0.245. The van der Waals surface area contributed by atoms with Crippen LogP contribution in [0.5, 0.6) is 0 Å². The van der Waals surface area contributed by atoms with Crippen molar-refractivity contribution in [3.63, 3.8) is 0 Å². The molecule has 2 amide bonds. The van der Waals surface area contributed by atoms with Crippen molar-refractivity contribution in [2.24, 2.45) is 0 Å². The van der Waals surface area contributed by atoms with E-state index in [1.54, 1.807) is 30.1 Å². The Morgan fingerprint density at radius 3 is 2.76 bits per heavy atom. The normalized spacial score (nSPS) is 14.5. The molecule has 0 saturated heterocycles. The zero-order valence-corrected chi connectivity index (χ0v) is 12.2. The van der Waals surface area contributed by atoms with E-state index in [1.807, 2.05) is 5.48 Å². The maximum absolute atomic E-state index is 12.0. The van der Waals surface area contributed by atoms with Gasteiger partial charge in [-0.1, -0.05) is 17.7 Å². The maximum Gasteiger partial charge on any atom is 0.249 e. The van der Waals surface area contributed by atoms with Gasteiger partial charge in [0.1, 0.15) is 5.16 Å². The number of nitrogens with one attached hydrogen (secondary N) is 1. The average Bonchev–Trinajstić information content (AvgIpc) is 3.32. The highest BCUT2D eigenvalue weighted by Gasteiger charge is 2.29. The van der Waals surface area contributed by atoms with E-state index < -0.39 is 0 Å². The molecule has 2 rings (SSSR count). The molecule has 0 bridgehead atoms. The Kier molecular flexibility index (Phi) is 4.82. The van der Waals surface area contributed by atoms with Crippen molar-refractivity contribution in [2.75, 3.05) is 17.4 Å². The van der Waals surface area contributed by atoms with Crippen molar-refractivity contribution >= 4 is 35.3 Å². The smallest absolute Gasteiger partial charge is 0.249 e. The van der Waals surface area contributed by atoms with Crippen LogP contribution < -0.4 is 10.4 Å². The number of carbonyl (C=O) groups is 2. The molecule has 6 nitrogen and oxygen atoms in total. The number of nitrogens with zero attached hydrogens (tertiary/aromatic N) is 2. The predicted octanol–water partition coefficient (Wildman–Crippen LogP) is 2.15. The lowest BCUT2D eigenvalue weighted by molar-refractivity contribution is -0.125. The second-order valence-corrected chi connectivity index (χ2v) is 5.17. The van der Waals surface area contributed by atoms with Gasteiger partial charge in [0.05, 0.1) is 11.4 Å². The van der Waals surface area contributed by atoms with Gasteiger partial charge >= 0.3 is 0 Å². The van der Waals surface area contributed by atoms with Gasteiger partial charge < -0.3 is 4.90 Å². The zero-order chi connectivity index (χ0) is 15.4. The highest BCUT2D eigenvalue weighted by molar-refractivity contribution is 6.34. The summed E-state index contributed by atoms with van der Waals surface area (Å²) in [4.78, 5) is 26.0. The van der Waals surface area contributed by atoms with Gasteiger partial charge in [-0.05, 0) is 31.0 Å². The summed E-state index contributed by atoms with van der Waals surface area (Å²) in [7, 11) is 1.71. The quantitative estimate of drug-likeness (QED) is 0.365. The number of likely N-dealkylation sites (N-methyl/N-ethyl adjacent to an activating group) is 1. The third-order valence-corrected chi connectivity index (χ3v) is 3.56. The Hall–Kier alpha value is -2.05. The molecule has 2 N–H and O–H groups in total. The van der Waals surface area contributed by atoms with Gasteiger partial charge in [-0.15, -0.1) is 0 Å². The Morgan fingerprint density at radius 1 is 1.48 bits per heavy atom. The number of amides is 2. The fourth-order valence-electron chi connectivity index (χ4n) is 1.87. The molecule has 7 heteroatoms. The van der Waals surface area contributed by atoms with Crippen LogP contribution in [0.3, 0.4) is 0 Å². The van der Waals surface area contributed by atoms with E-state index in [1.165, 1.54) is 12.1 Å². The van der Waals surface area contributed by atoms with E-state index in [-0.39, 0.29) is 17.1 Å². The molecular formula is C14H16ClN3O3. The van der Waals surface area contributed by atoms with Gasteiger partial charge in [0.2, 0.25) is 12.3 Å². The summed E-state index contributed by atoms with van der Waals surface area (Å²) in [6.07, 6.45) is 3.72. The van der Waals surface area contributed by atoms with Gasteiger partial charge in [-0.3, -0.25) is 25.2 Å². The molecule has 0 radical (unpaired) electrons. The number of anilines is 2. The number of rotatable bonds is 6. The van der Waals surface area contributed by atoms with E-state index >= 15 is 0 Å². The third kappa shape index (κ3) is 3.74. The van der Waals surface area contributed by atoms with E-state index in [4.69, 9.17) is 16.8 Å². The van der Waals surface area contributed by atoms with Crippen LogP contribution in [0.1, 0.15) is 12.8 Å². The van der Waals surface area contributed by atoms with Crippen LogP contribution in [0, 0.1) is 0 Å². The maximum atomic E-state index is 12.0. The Bertz CT molecular complexity index is 572. The summed E-state index contributed by atoms with van der Waals surface area (Å²) in [5, 5.41) is 8.87. The van der Waals surface area contributed by atoms with Crippen molar-refractivity contribution in [1.82, 2.24) is 4.90 Å². The van der Waals surface area contributed by atoms with Crippen LogP contribution in [0.15, 0.2) is 35.5 Å². The lowest BCUT2D eigenvalue weighted by Gasteiger charge is -2.19. The van der Waals surface area contributed by atoms with Crippen molar-refractivity contribution in [3.05, 3.63) is 35.5 Å². The summed E-state index contributed by atoms with van der Waals surface area (Å²) in [5.41, 5.74) is 2.83. The van der Waals surface area contributed by atoms with Crippen LogP contribution in [-0.4, -0.2) is 35.5 Å². The first-order chi connectivity index (χ1) is 10.1. The fraction of sp³-hybridized carbons (Fsp3) is 0.286. The Balaban J connectivity index is 2.18. The van der Waals surface area contributed by atoms with Gasteiger partial charge in [-0.2, -0.15) is 0 Å². The summed E-state index contributed by atoms with van der Waals surface area (Å²) in [6.45, 7) is 0. The van der Waals surface area contributed by atoms with Crippen LogP contribution in [-0.2, 0) is 9.59 Å². The monoisotopic (exact) mass is 309 g/mol. The number of hydrogen-bond donors (Lipinski definition) is 2. The topological polar surface area (TPSA) is 72.9 Å². The molecule has 112 valence electrons. The standard InChI is InChI=1S/C14H16ClN3O3/c1-17(11-5-6-11)14(20)8-13(15)18(9-19)12-4-2-3-10(7-12)16-21/h2-4,7-9,11,16,21H,5-6H2,1H3/b13-8-. The predicted molar refractivity (Wildman–Crippen MR) is 80.1 cm³/mol. The van der Waals surface area contributed by atoms with Crippen molar-refractivity contribution in [2.45, 2.75) is 18.9 Å². The largest absolute Gasteiger partial charge is 0.339 e. The summed E-state index contributed by atoms with van der Waals surface area (Å²) in [5.74, 6) is -0.245. The zero-order valence-electron chi connectivity index (χ0n) is 11.5. The molecule has 1 aliphatic carbocycles. The molecule has 21 heavy (non-hydrogen) atoms. The highest BCUT2D eigenvalue weighted by atomic mass is 35.5. The van der Waals surface area contributed by atoms with Crippen molar-refractivity contribution in [3.8, 4) is 0 Å². The molecule has 1 saturated carbocycles. The van der Waals surface area contributed by atoms with Crippen LogP contribution in [0.2, 0.25) is 0 Å². The summed E-state index contributed by atoms with van der Waals surface area (Å²) < 4.78 is 0. The molecule has 1 fully saturated rings. The van der Waals surface area contributed by atoms with E-state index in [2.05, 4.69) is 0 Å². The summed E-state index contributed by atoms with van der Waals surface area (Å²) in [6, 6.07) is 6.70. The minimum absolute atomic E-state index is 0.00223. The Labute approximate surface area is 127 Å². The van der Waals surface area contributed by atoms with Crippen molar-refractivity contribution < 1.29 is 14.8 Å². The molecule has 1 aromatic rings. The molecule has 0 unspecified atom stereocenters. The van der Waals surface area contributed by atoms with Crippen LogP contribution in [0.4, 0.5) is 11.4 Å². The van der Waals surface area contributed by atoms with Gasteiger partial charge in [-0.25, -0.2) is 0 Å². The molecule has 0 aliphatic heterocycles. The SMILES string of the molecule is CN(C(=O)/C=C(/Cl)N(C=O)c1cccc(NO)c1)C1CC1. The summed E-state index contributed by atoms with van der Waals surface area (Å²) >= 11 is 6.07. The van der Waals surface area contributed by atoms with Crippen LogP contribution in [0.25, 0.3) is 0 Å². The van der Waals surface area contributed by atoms with Gasteiger partial charge in [0.15, 0.2) is 0 Å². The lowest BCUT2D eigenvalue weighted by Crippen LogP contribution is -2.28. The third-order valence-electron chi connectivity index (χ3n) is 3.27. The molecule has 0 aromatic heterocycles. The minimum Gasteiger partial charge on any atom is -0.339 e. The number of hydrogen-bond acceptors (Lipinski definition) is 4. The second kappa shape index (κ2) is 6.60. The molecule has 1 aliphatic rings. The molecule has 0 spiro atoms. The molecule has 1 aromatic carbocycles. The van der Waals surface area contributed by atoms with E-state index in [9.17, 15) is 9.59 Å². The van der Waals surface area contributed by atoms with E-state index in [0.29, 0.717) is 17.8 Å². The lowest BCUT2D eigenvalue weighted by atomic mass is 10.2. The number of benzene rings is 1. The van der Waals surface area contributed by atoms with Crippen molar-refractivity contribution in [1.29, 1.82) is 0 Å². The fourth-order valence-corrected chi connectivity index (χ4v) is 2.11. The Morgan fingerprint density at radius 2 is 2.19 bits per heavy atom. The average molecular weight is 310 g/mol. The second-order valence-electron chi connectivity index (χ2n) is 4.78.